The van der Waals surface area contributed by atoms with E-state index >= 15 is 0 Å². The molecule has 0 radical (unpaired) electrons. The largest absolute Gasteiger partial charge is 0.478 e. The van der Waals surface area contributed by atoms with E-state index < -0.39 is 12.1 Å². The van der Waals surface area contributed by atoms with E-state index in [0.717, 1.165) is 11.1 Å². The summed E-state index contributed by atoms with van der Waals surface area (Å²) in [5, 5.41) is 17.6. The molecular weight excluding hydrogens is 281 g/mol. The van der Waals surface area contributed by atoms with Crippen molar-refractivity contribution < 1.29 is 14.3 Å². The number of nitriles is 1. The zero-order chi connectivity index (χ0) is 15.9. The zero-order valence-electron chi connectivity index (χ0n) is 11.9. The third-order valence-corrected chi connectivity index (χ3v) is 3.57. The van der Waals surface area contributed by atoms with Gasteiger partial charge in [0.15, 0.2) is 0 Å². The minimum Gasteiger partial charge on any atom is -0.478 e. The maximum atomic E-state index is 13.9. The molecule has 2 aromatic carbocycles. The first-order valence-corrected chi connectivity index (χ1v) is 7.01. The highest BCUT2D eigenvalue weighted by Crippen LogP contribution is 2.31. The molecule has 0 saturated carbocycles. The van der Waals surface area contributed by atoms with Gasteiger partial charge in [-0.1, -0.05) is 42.5 Å². The predicted molar refractivity (Wildman–Crippen MR) is 81.4 cm³/mol. The maximum Gasteiger partial charge on any atom is 0.335 e. The number of rotatable bonds is 6. The van der Waals surface area contributed by atoms with Gasteiger partial charge in [0.05, 0.1) is 18.1 Å². The fraction of sp³-hybridized carbons (Fsp3) is 0.222. The molecule has 4 heteroatoms. The van der Waals surface area contributed by atoms with Gasteiger partial charge in [0.2, 0.25) is 0 Å². The summed E-state index contributed by atoms with van der Waals surface area (Å²) in [5.41, 5.74) is 1.99. The van der Waals surface area contributed by atoms with E-state index in [1.165, 1.54) is 12.1 Å². The second kappa shape index (κ2) is 7.37. The highest BCUT2D eigenvalue weighted by Gasteiger charge is 2.20. The standard InChI is InChI=1S/C18H16FNO2/c19-16(10-11-20)12-17(13-4-2-1-3-5-13)14-6-8-15(9-7-14)18(21)22/h1-9,16-17H,10,12H2,(H,21,22). The molecule has 0 aromatic heterocycles. The van der Waals surface area contributed by atoms with Gasteiger partial charge in [0.25, 0.3) is 0 Å². The van der Waals surface area contributed by atoms with E-state index in [0.29, 0.717) is 0 Å². The van der Waals surface area contributed by atoms with Gasteiger partial charge >= 0.3 is 5.97 Å². The molecule has 0 aliphatic rings. The molecule has 0 bridgehead atoms. The van der Waals surface area contributed by atoms with E-state index in [4.69, 9.17) is 10.4 Å². The van der Waals surface area contributed by atoms with Gasteiger partial charge in [0.1, 0.15) is 6.17 Å². The Morgan fingerprint density at radius 1 is 1.09 bits per heavy atom. The number of carboxylic acids is 1. The Bertz CT molecular complexity index is 662. The first-order valence-electron chi connectivity index (χ1n) is 7.01. The van der Waals surface area contributed by atoms with Gasteiger partial charge in [0, 0.05) is 5.92 Å². The molecule has 0 amide bonds. The van der Waals surface area contributed by atoms with E-state index in [9.17, 15) is 9.18 Å². The molecule has 2 atom stereocenters. The smallest absolute Gasteiger partial charge is 0.335 e. The van der Waals surface area contributed by atoms with E-state index in [2.05, 4.69) is 0 Å². The zero-order valence-corrected chi connectivity index (χ0v) is 11.9. The van der Waals surface area contributed by atoms with Crippen LogP contribution < -0.4 is 0 Å². The van der Waals surface area contributed by atoms with Crippen LogP contribution in [0.5, 0.6) is 0 Å². The molecule has 3 nitrogen and oxygen atoms in total. The third-order valence-electron chi connectivity index (χ3n) is 3.57. The van der Waals surface area contributed by atoms with Crippen molar-refractivity contribution in [1.29, 1.82) is 5.26 Å². The van der Waals surface area contributed by atoms with E-state index in [1.54, 1.807) is 12.1 Å². The number of carboxylic acid groups (broad SMARTS) is 1. The average Bonchev–Trinajstić information content (AvgIpc) is 2.54. The first kappa shape index (κ1) is 15.7. The summed E-state index contributed by atoms with van der Waals surface area (Å²) < 4.78 is 13.9. The molecule has 2 rings (SSSR count). The SMILES string of the molecule is N#CCC(F)CC(c1ccccc1)c1ccc(C(=O)O)cc1. The fourth-order valence-electron chi connectivity index (χ4n) is 2.45. The Morgan fingerprint density at radius 3 is 2.23 bits per heavy atom. The van der Waals surface area contributed by atoms with Crippen molar-refractivity contribution in [1.82, 2.24) is 0 Å². The highest BCUT2D eigenvalue weighted by molar-refractivity contribution is 5.87. The van der Waals surface area contributed by atoms with Crippen LogP contribution in [-0.4, -0.2) is 17.2 Å². The quantitative estimate of drug-likeness (QED) is 0.871. The third kappa shape index (κ3) is 3.92. The minimum atomic E-state index is -1.21. The topological polar surface area (TPSA) is 61.1 Å². The van der Waals surface area contributed by atoms with Crippen molar-refractivity contribution in [3.63, 3.8) is 0 Å². The van der Waals surface area contributed by atoms with E-state index in [-0.39, 0.29) is 24.3 Å². The van der Waals surface area contributed by atoms with Crippen molar-refractivity contribution in [3.05, 3.63) is 71.3 Å². The molecule has 0 saturated heterocycles. The molecule has 0 spiro atoms. The summed E-state index contributed by atoms with van der Waals surface area (Å²) >= 11 is 0. The molecule has 0 fully saturated rings. The van der Waals surface area contributed by atoms with Crippen molar-refractivity contribution >= 4 is 5.97 Å². The number of nitrogens with zero attached hydrogens (tertiary/aromatic N) is 1. The van der Waals surface area contributed by atoms with Crippen LogP contribution in [0, 0.1) is 11.3 Å². The second-order valence-corrected chi connectivity index (χ2v) is 5.09. The monoisotopic (exact) mass is 297 g/mol. The molecular formula is C18H16FNO2. The summed E-state index contributed by atoms with van der Waals surface area (Å²) in [7, 11) is 0. The Morgan fingerprint density at radius 2 is 1.68 bits per heavy atom. The lowest BCUT2D eigenvalue weighted by Crippen LogP contribution is -2.10. The number of hydrogen-bond donors (Lipinski definition) is 1. The predicted octanol–water partition coefficient (Wildman–Crippen LogP) is 4.16. The highest BCUT2D eigenvalue weighted by atomic mass is 19.1. The van der Waals surface area contributed by atoms with Crippen LogP contribution in [0.15, 0.2) is 54.6 Å². The second-order valence-electron chi connectivity index (χ2n) is 5.09. The maximum absolute atomic E-state index is 13.9. The van der Waals surface area contributed by atoms with Gasteiger partial charge in [-0.15, -0.1) is 0 Å². The van der Waals surface area contributed by atoms with Crippen molar-refractivity contribution in [2.45, 2.75) is 24.9 Å². The summed E-state index contributed by atoms with van der Waals surface area (Å²) in [6.45, 7) is 0. The van der Waals surface area contributed by atoms with Gasteiger partial charge in [-0.05, 0) is 29.7 Å². The Kier molecular flexibility index (Phi) is 5.26. The Labute approximate surface area is 128 Å². The number of halogens is 1. The molecule has 0 heterocycles. The van der Waals surface area contributed by atoms with Gasteiger partial charge in [-0.3, -0.25) is 0 Å². The lowest BCUT2D eigenvalue weighted by atomic mass is 9.86. The van der Waals surface area contributed by atoms with E-state index in [1.807, 2.05) is 36.4 Å². The number of aromatic carboxylic acids is 1. The van der Waals surface area contributed by atoms with Gasteiger partial charge < -0.3 is 5.11 Å². The molecule has 112 valence electrons. The van der Waals surface area contributed by atoms with Crippen molar-refractivity contribution in [2.24, 2.45) is 0 Å². The van der Waals surface area contributed by atoms with Crippen LogP contribution in [0.25, 0.3) is 0 Å². The number of carbonyl (C=O) groups is 1. The van der Waals surface area contributed by atoms with Crippen LogP contribution in [0.1, 0.15) is 40.2 Å². The number of hydrogen-bond acceptors (Lipinski definition) is 2. The fourth-order valence-corrected chi connectivity index (χ4v) is 2.45. The molecule has 0 aliphatic heterocycles. The molecule has 22 heavy (non-hydrogen) atoms. The van der Waals surface area contributed by atoms with Gasteiger partial charge in [-0.2, -0.15) is 5.26 Å². The van der Waals surface area contributed by atoms with Crippen molar-refractivity contribution in [2.75, 3.05) is 0 Å². The minimum absolute atomic E-state index is 0.142. The summed E-state index contributed by atoms with van der Waals surface area (Å²) in [5.74, 6) is -1.19. The molecule has 0 aliphatic carbocycles. The number of benzene rings is 2. The Balaban J connectivity index is 2.31. The summed E-state index contributed by atoms with van der Waals surface area (Å²) in [6.07, 6.45) is -1.16. The van der Waals surface area contributed by atoms with Crippen LogP contribution in [0.2, 0.25) is 0 Å². The first-order chi connectivity index (χ1) is 10.6. The normalized spacial score (nSPS) is 13.1. The molecule has 2 aromatic rings. The van der Waals surface area contributed by atoms with Crippen molar-refractivity contribution in [3.8, 4) is 6.07 Å². The lowest BCUT2D eigenvalue weighted by molar-refractivity contribution is 0.0697. The van der Waals surface area contributed by atoms with Crippen LogP contribution >= 0.6 is 0 Å². The number of alkyl halides is 1. The Hall–Kier alpha value is -2.67. The summed E-state index contributed by atoms with van der Waals surface area (Å²) in [6, 6.07) is 17.8. The van der Waals surface area contributed by atoms with Crippen LogP contribution in [-0.2, 0) is 0 Å². The van der Waals surface area contributed by atoms with Crippen LogP contribution in [0.3, 0.4) is 0 Å². The average molecular weight is 297 g/mol. The van der Waals surface area contributed by atoms with Gasteiger partial charge in [-0.25, -0.2) is 9.18 Å². The summed E-state index contributed by atoms with van der Waals surface area (Å²) in [4.78, 5) is 10.9. The van der Waals surface area contributed by atoms with Crippen LogP contribution in [0.4, 0.5) is 4.39 Å². The molecule has 1 N–H and O–H groups in total. The lowest BCUT2D eigenvalue weighted by Gasteiger charge is -2.19. The molecule has 2 unspecified atom stereocenters.